The summed E-state index contributed by atoms with van der Waals surface area (Å²) in [4.78, 5) is 13.5. The van der Waals surface area contributed by atoms with Gasteiger partial charge in [-0.05, 0) is 42.5 Å². The maximum Gasteiger partial charge on any atom is 0.326 e. The molecule has 0 atom stereocenters. The topological polar surface area (TPSA) is 102 Å². The van der Waals surface area contributed by atoms with Crippen molar-refractivity contribution in [1.82, 2.24) is 0 Å². The van der Waals surface area contributed by atoms with E-state index in [4.69, 9.17) is 38.5 Å². The zero-order valence-electron chi connectivity index (χ0n) is 14.7. The van der Waals surface area contributed by atoms with Crippen LogP contribution in [0.4, 0.5) is 17.1 Å². The summed E-state index contributed by atoms with van der Waals surface area (Å²) in [5, 5.41) is 26.4. The Morgan fingerprint density at radius 1 is 1.00 bits per heavy atom. The first-order valence-corrected chi connectivity index (χ1v) is 8.90. The van der Waals surface area contributed by atoms with Crippen LogP contribution in [0.3, 0.4) is 0 Å². The van der Waals surface area contributed by atoms with E-state index in [1.165, 1.54) is 0 Å². The highest BCUT2D eigenvalue weighted by Gasteiger charge is 2.12. The van der Waals surface area contributed by atoms with E-state index in [1.807, 2.05) is 6.07 Å². The number of carbonyl (C=O) groups is 1. The maximum absolute atomic E-state index is 11.8. The zero-order chi connectivity index (χ0) is 20.4. The van der Waals surface area contributed by atoms with Crippen LogP contribution in [0.1, 0.15) is 6.42 Å². The Bertz CT molecular complexity index is 933. The molecule has 0 bridgehead atoms. The van der Waals surface area contributed by atoms with Crippen molar-refractivity contribution in [2.75, 3.05) is 24.6 Å². The van der Waals surface area contributed by atoms with Crippen LogP contribution in [0, 0.1) is 22.7 Å². The standard InChI is InChI=1S/C19H15Cl2N5O2/c20-17-7-4-15(12-18(17)21)25-24-14-2-5-16(6-3-14)26(10-1-8-22)13-19(27)28-11-9-23/h2-7,12H,1,10-11,13H2. The molecular formula is C19H15Cl2N5O2. The van der Waals surface area contributed by atoms with Crippen molar-refractivity contribution in [2.45, 2.75) is 6.42 Å². The second kappa shape index (κ2) is 10.9. The Morgan fingerprint density at radius 2 is 1.68 bits per heavy atom. The maximum atomic E-state index is 11.8. The molecule has 0 amide bonds. The van der Waals surface area contributed by atoms with Gasteiger partial charge in [0.2, 0.25) is 0 Å². The molecule has 142 valence electrons. The van der Waals surface area contributed by atoms with E-state index in [0.717, 1.165) is 5.69 Å². The summed E-state index contributed by atoms with van der Waals surface area (Å²) >= 11 is 11.8. The first kappa shape index (κ1) is 21.2. The van der Waals surface area contributed by atoms with Crippen molar-refractivity contribution in [3.8, 4) is 12.1 Å². The molecule has 2 rings (SSSR count). The van der Waals surface area contributed by atoms with Crippen LogP contribution < -0.4 is 4.90 Å². The predicted molar refractivity (Wildman–Crippen MR) is 106 cm³/mol. The average molecular weight is 416 g/mol. The van der Waals surface area contributed by atoms with Gasteiger partial charge in [-0.25, -0.2) is 0 Å². The van der Waals surface area contributed by atoms with Gasteiger partial charge in [-0.1, -0.05) is 23.2 Å². The molecule has 7 nitrogen and oxygen atoms in total. The van der Waals surface area contributed by atoms with E-state index in [2.05, 4.69) is 10.2 Å². The molecule has 2 aromatic rings. The molecule has 28 heavy (non-hydrogen) atoms. The van der Waals surface area contributed by atoms with Gasteiger partial charge in [0.1, 0.15) is 12.6 Å². The van der Waals surface area contributed by atoms with Gasteiger partial charge in [-0.15, -0.1) is 0 Å². The van der Waals surface area contributed by atoms with Gasteiger partial charge in [-0.3, -0.25) is 4.79 Å². The van der Waals surface area contributed by atoms with Crippen LogP contribution in [-0.4, -0.2) is 25.7 Å². The number of ether oxygens (including phenoxy) is 1. The van der Waals surface area contributed by atoms with Crippen LogP contribution in [0.15, 0.2) is 52.7 Å². The van der Waals surface area contributed by atoms with E-state index in [9.17, 15) is 4.79 Å². The lowest BCUT2D eigenvalue weighted by Gasteiger charge is -2.22. The molecule has 0 aromatic heterocycles. The second-order valence-electron chi connectivity index (χ2n) is 5.46. The molecule has 0 spiro atoms. The summed E-state index contributed by atoms with van der Waals surface area (Å²) in [6.45, 7) is -0.0191. The Balaban J connectivity index is 2.09. The molecule has 0 aliphatic rings. The number of hydrogen-bond acceptors (Lipinski definition) is 7. The second-order valence-corrected chi connectivity index (χ2v) is 6.28. The third kappa shape index (κ3) is 6.55. The van der Waals surface area contributed by atoms with Crippen LogP contribution in [0.25, 0.3) is 0 Å². The minimum absolute atomic E-state index is 0.0620. The number of esters is 1. The highest BCUT2D eigenvalue weighted by Crippen LogP contribution is 2.28. The number of halogens is 2. The van der Waals surface area contributed by atoms with E-state index in [-0.39, 0.29) is 19.6 Å². The monoisotopic (exact) mass is 415 g/mol. The lowest BCUT2D eigenvalue weighted by atomic mass is 10.2. The number of nitrogens with zero attached hydrogens (tertiary/aromatic N) is 5. The summed E-state index contributed by atoms with van der Waals surface area (Å²) in [5.74, 6) is -0.539. The molecule has 0 saturated carbocycles. The normalized spacial score (nSPS) is 10.3. The van der Waals surface area contributed by atoms with Gasteiger partial charge in [0.15, 0.2) is 6.61 Å². The average Bonchev–Trinajstić information content (AvgIpc) is 2.71. The first-order valence-electron chi connectivity index (χ1n) is 8.15. The van der Waals surface area contributed by atoms with Gasteiger partial charge in [0.05, 0.1) is 33.9 Å². The number of azo groups is 1. The van der Waals surface area contributed by atoms with E-state index < -0.39 is 5.97 Å². The van der Waals surface area contributed by atoms with Gasteiger partial charge < -0.3 is 9.64 Å². The molecule has 0 unspecified atom stereocenters. The number of carbonyl (C=O) groups excluding carboxylic acids is 1. The summed E-state index contributed by atoms with van der Waals surface area (Å²) in [7, 11) is 0. The molecule has 0 fully saturated rings. The van der Waals surface area contributed by atoms with E-state index in [0.29, 0.717) is 28.0 Å². The van der Waals surface area contributed by atoms with Crippen LogP contribution in [-0.2, 0) is 9.53 Å². The lowest BCUT2D eigenvalue weighted by molar-refractivity contribution is -0.140. The molecule has 0 aliphatic heterocycles. The summed E-state index contributed by atoms with van der Waals surface area (Å²) < 4.78 is 4.77. The third-order valence-electron chi connectivity index (χ3n) is 3.51. The van der Waals surface area contributed by atoms with E-state index >= 15 is 0 Å². The minimum atomic E-state index is -0.539. The van der Waals surface area contributed by atoms with Crippen molar-refractivity contribution >= 4 is 46.2 Å². The smallest absolute Gasteiger partial charge is 0.326 e. The summed E-state index contributed by atoms with van der Waals surface area (Å²) in [5.41, 5.74) is 1.88. The molecule has 0 aliphatic carbocycles. The first-order chi connectivity index (χ1) is 13.5. The molecule has 0 saturated heterocycles. The number of nitriles is 2. The quantitative estimate of drug-likeness (QED) is 0.435. The zero-order valence-corrected chi connectivity index (χ0v) is 16.2. The minimum Gasteiger partial charge on any atom is -0.449 e. The van der Waals surface area contributed by atoms with Crippen molar-refractivity contribution in [3.05, 3.63) is 52.5 Å². The molecule has 0 radical (unpaired) electrons. The van der Waals surface area contributed by atoms with Crippen molar-refractivity contribution in [3.63, 3.8) is 0 Å². The highest BCUT2D eigenvalue weighted by molar-refractivity contribution is 6.42. The largest absolute Gasteiger partial charge is 0.449 e. The molecule has 2 aromatic carbocycles. The van der Waals surface area contributed by atoms with Crippen molar-refractivity contribution in [1.29, 1.82) is 10.5 Å². The highest BCUT2D eigenvalue weighted by atomic mass is 35.5. The predicted octanol–water partition coefficient (Wildman–Crippen LogP) is 5.20. The molecule has 0 heterocycles. The Kier molecular flexibility index (Phi) is 8.23. The number of rotatable bonds is 8. The van der Waals surface area contributed by atoms with Crippen molar-refractivity contribution < 1.29 is 9.53 Å². The third-order valence-corrected chi connectivity index (χ3v) is 4.25. The molecule has 0 N–H and O–H groups in total. The summed E-state index contributed by atoms with van der Waals surface area (Å²) in [6, 6.07) is 15.7. The Hall–Kier alpha value is -3.13. The van der Waals surface area contributed by atoms with Gasteiger partial charge in [0.25, 0.3) is 0 Å². The fraction of sp³-hybridized carbons (Fsp3) is 0.211. The van der Waals surface area contributed by atoms with Crippen LogP contribution in [0.5, 0.6) is 0 Å². The summed E-state index contributed by atoms with van der Waals surface area (Å²) in [6.07, 6.45) is 0.240. The lowest BCUT2D eigenvalue weighted by Crippen LogP contribution is -2.31. The van der Waals surface area contributed by atoms with Crippen molar-refractivity contribution in [2.24, 2.45) is 10.2 Å². The van der Waals surface area contributed by atoms with E-state index in [1.54, 1.807) is 53.4 Å². The fourth-order valence-corrected chi connectivity index (χ4v) is 2.48. The molecule has 9 heteroatoms. The van der Waals surface area contributed by atoms with Crippen LogP contribution in [0.2, 0.25) is 10.0 Å². The van der Waals surface area contributed by atoms with Crippen LogP contribution >= 0.6 is 23.2 Å². The molecular weight excluding hydrogens is 401 g/mol. The van der Waals surface area contributed by atoms with Gasteiger partial charge in [0, 0.05) is 12.2 Å². The SMILES string of the molecule is N#CCCN(CC(=O)OCC#N)c1ccc(N=Nc2ccc(Cl)c(Cl)c2)cc1. The Labute approximate surface area is 172 Å². The number of anilines is 1. The fourth-order valence-electron chi connectivity index (χ4n) is 2.19. The number of benzene rings is 2. The number of hydrogen-bond donors (Lipinski definition) is 0. The Morgan fingerprint density at radius 3 is 2.32 bits per heavy atom. The van der Waals surface area contributed by atoms with Gasteiger partial charge >= 0.3 is 5.97 Å². The van der Waals surface area contributed by atoms with Gasteiger partial charge in [-0.2, -0.15) is 20.8 Å².